The number of aromatic nitrogens is 3. The van der Waals surface area contributed by atoms with Crippen LogP contribution in [0.5, 0.6) is 0 Å². The van der Waals surface area contributed by atoms with Crippen molar-refractivity contribution in [1.82, 2.24) is 14.8 Å². The standard InChI is InChI=1S/C11H13FN4O/c12-8-3-5-9(6-4-8)16-10(2-1-7-13)14-15-11(16)17/h3-6H,1-2,7,13H2,(H,15,17). The number of nitrogens with two attached hydrogens (primary N) is 1. The number of benzene rings is 1. The van der Waals surface area contributed by atoms with Crippen LogP contribution in [-0.2, 0) is 6.42 Å². The third-order valence-corrected chi connectivity index (χ3v) is 2.43. The van der Waals surface area contributed by atoms with Crippen molar-refractivity contribution in [2.75, 3.05) is 6.54 Å². The van der Waals surface area contributed by atoms with E-state index in [4.69, 9.17) is 5.73 Å². The topological polar surface area (TPSA) is 76.7 Å². The van der Waals surface area contributed by atoms with Crippen molar-refractivity contribution in [3.8, 4) is 5.69 Å². The van der Waals surface area contributed by atoms with Crippen LogP contribution in [0, 0.1) is 5.82 Å². The average molecular weight is 236 g/mol. The molecule has 0 atom stereocenters. The van der Waals surface area contributed by atoms with E-state index >= 15 is 0 Å². The lowest BCUT2D eigenvalue weighted by atomic mass is 10.2. The summed E-state index contributed by atoms with van der Waals surface area (Å²) in [5.74, 6) is 0.265. The predicted octanol–water partition coefficient (Wildman–Crippen LogP) is 0.591. The van der Waals surface area contributed by atoms with Gasteiger partial charge in [-0.3, -0.25) is 0 Å². The van der Waals surface area contributed by atoms with Crippen LogP contribution in [0.1, 0.15) is 12.2 Å². The molecule has 0 aliphatic heterocycles. The Hall–Kier alpha value is -1.95. The second-order valence-electron chi connectivity index (χ2n) is 3.65. The molecule has 2 rings (SSSR count). The van der Waals surface area contributed by atoms with Crippen LogP contribution in [0.25, 0.3) is 5.69 Å². The summed E-state index contributed by atoms with van der Waals surface area (Å²) in [6.45, 7) is 0.532. The molecule has 0 fully saturated rings. The van der Waals surface area contributed by atoms with Gasteiger partial charge in [0.25, 0.3) is 0 Å². The molecule has 3 N–H and O–H groups in total. The van der Waals surface area contributed by atoms with Gasteiger partial charge in [0.05, 0.1) is 5.69 Å². The van der Waals surface area contributed by atoms with Crippen LogP contribution in [0.2, 0.25) is 0 Å². The van der Waals surface area contributed by atoms with Crippen molar-refractivity contribution in [3.05, 3.63) is 46.4 Å². The maximum atomic E-state index is 12.8. The zero-order valence-electron chi connectivity index (χ0n) is 9.19. The molecule has 2 aromatic rings. The lowest BCUT2D eigenvalue weighted by Crippen LogP contribution is -2.17. The van der Waals surface area contributed by atoms with Gasteiger partial charge >= 0.3 is 5.69 Å². The summed E-state index contributed by atoms with van der Waals surface area (Å²) in [5, 5.41) is 6.31. The Morgan fingerprint density at radius 2 is 2.06 bits per heavy atom. The van der Waals surface area contributed by atoms with Crippen LogP contribution in [-0.4, -0.2) is 21.3 Å². The van der Waals surface area contributed by atoms with E-state index in [1.165, 1.54) is 28.8 Å². The van der Waals surface area contributed by atoms with Gasteiger partial charge in [-0.1, -0.05) is 0 Å². The van der Waals surface area contributed by atoms with Crippen molar-refractivity contribution in [2.45, 2.75) is 12.8 Å². The summed E-state index contributed by atoms with van der Waals surface area (Å²) in [5.41, 5.74) is 5.68. The average Bonchev–Trinajstić information content (AvgIpc) is 2.69. The number of H-pyrrole nitrogens is 1. The number of aryl methyl sites for hydroxylation is 1. The van der Waals surface area contributed by atoms with Gasteiger partial charge in [-0.15, -0.1) is 0 Å². The highest BCUT2D eigenvalue weighted by Gasteiger charge is 2.09. The first-order valence-electron chi connectivity index (χ1n) is 5.34. The number of halogens is 1. The van der Waals surface area contributed by atoms with Gasteiger partial charge in [0.1, 0.15) is 11.6 Å². The number of aromatic amines is 1. The van der Waals surface area contributed by atoms with Gasteiger partial charge in [-0.05, 0) is 37.2 Å². The van der Waals surface area contributed by atoms with Crippen LogP contribution >= 0.6 is 0 Å². The normalized spacial score (nSPS) is 10.7. The SMILES string of the molecule is NCCCc1n[nH]c(=O)n1-c1ccc(F)cc1. The molecule has 0 saturated carbocycles. The van der Waals surface area contributed by atoms with E-state index in [1.807, 2.05) is 0 Å². The van der Waals surface area contributed by atoms with Crippen molar-refractivity contribution in [1.29, 1.82) is 0 Å². The molecule has 1 heterocycles. The van der Waals surface area contributed by atoms with Crippen molar-refractivity contribution >= 4 is 0 Å². The molecule has 6 heteroatoms. The second-order valence-corrected chi connectivity index (χ2v) is 3.65. The van der Waals surface area contributed by atoms with Crippen LogP contribution in [0.3, 0.4) is 0 Å². The highest BCUT2D eigenvalue weighted by atomic mass is 19.1. The Kier molecular flexibility index (Phi) is 3.34. The van der Waals surface area contributed by atoms with Gasteiger partial charge in [0.2, 0.25) is 0 Å². The maximum Gasteiger partial charge on any atom is 0.347 e. The number of nitrogens with one attached hydrogen (secondary N) is 1. The van der Waals surface area contributed by atoms with Crippen molar-refractivity contribution in [3.63, 3.8) is 0 Å². The summed E-state index contributed by atoms with van der Waals surface area (Å²) >= 11 is 0. The molecule has 0 saturated heterocycles. The minimum Gasteiger partial charge on any atom is -0.330 e. The quantitative estimate of drug-likeness (QED) is 0.815. The Balaban J connectivity index is 2.39. The molecular formula is C11H13FN4O. The fourth-order valence-electron chi connectivity index (χ4n) is 1.61. The molecule has 0 aliphatic rings. The number of hydrogen-bond donors (Lipinski definition) is 2. The van der Waals surface area contributed by atoms with E-state index in [0.717, 1.165) is 6.42 Å². The molecule has 0 unspecified atom stereocenters. The third kappa shape index (κ3) is 2.42. The Morgan fingerprint density at radius 1 is 1.35 bits per heavy atom. The highest BCUT2D eigenvalue weighted by Crippen LogP contribution is 2.09. The summed E-state index contributed by atoms with van der Waals surface area (Å²) in [4.78, 5) is 11.6. The number of nitrogens with zero attached hydrogens (tertiary/aromatic N) is 2. The van der Waals surface area contributed by atoms with Gasteiger partial charge in [0.15, 0.2) is 0 Å². The first kappa shape index (κ1) is 11.5. The molecule has 5 nitrogen and oxygen atoms in total. The van der Waals surface area contributed by atoms with Crippen molar-refractivity contribution < 1.29 is 4.39 Å². The first-order chi connectivity index (χ1) is 8.22. The molecule has 0 bridgehead atoms. The number of hydrogen-bond acceptors (Lipinski definition) is 3. The van der Waals surface area contributed by atoms with Crippen LogP contribution in [0.15, 0.2) is 29.1 Å². The molecule has 1 aromatic carbocycles. The van der Waals surface area contributed by atoms with Gasteiger partial charge < -0.3 is 5.73 Å². The lowest BCUT2D eigenvalue weighted by Gasteiger charge is -2.04. The van der Waals surface area contributed by atoms with E-state index < -0.39 is 0 Å². The molecule has 0 radical (unpaired) electrons. The minimum absolute atomic E-state index is 0.330. The fourth-order valence-corrected chi connectivity index (χ4v) is 1.61. The summed E-state index contributed by atoms with van der Waals surface area (Å²) < 4.78 is 14.2. The van der Waals surface area contributed by atoms with E-state index in [1.54, 1.807) is 0 Å². The smallest absolute Gasteiger partial charge is 0.330 e. The van der Waals surface area contributed by atoms with Crippen LogP contribution < -0.4 is 11.4 Å². The molecule has 0 amide bonds. The first-order valence-corrected chi connectivity index (χ1v) is 5.34. The highest BCUT2D eigenvalue weighted by molar-refractivity contribution is 5.32. The molecular weight excluding hydrogens is 223 g/mol. The zero-order chi connectivity index (χ0) is 12.3. The molecule has 0 spiro atoms. The Morgan fingerprint density at radius 3 is 2.71 bits per heavy atom. The van der Waals surface area contributed by atoms with Gasteiger partial charge in [0, 0.05) is 6.42 Å². The zero-order valence-corrected chi connectivity index (χ0v) is 9.19. The largest absolute Gasteiger partial charge is 0.347 e. The second kappa shape index (κ2) is 4.92. The minimum atomic E-state index is -0.339. The van der Waals surface area contributed by atoms with Crippen molar-refractivity contribution in [2.24, 2.45) is 5.73 Å². The summed E-state index contributed by atoms with van der Waals surface area (Å²) in [6, 6.07) is 5.69. The number of rotatable bonds is 4. The molecule has 90 valence electrons. The summed E-state index contributed by atoms with van der Waals surface area (Å²) in [6.07, 6.45) is 1.35. The summed E-state index contributed by atoms with van der Waals surface area (Å²) in [7, 11) is 0. The monoisotopic (exact) mass is 236 g/mol. The van der Waals surface area contributed by atoms with Crippen LogP contribution in [0.4, 0.5) is 4.39 Å². The Bertz CT molecular complexity index is 543. The molecule has 0 aliphatic carbocycles. The fraction of sp³-hybridized carbons (Fsp3) is 0.273. The van der Waals surface area contributed by atoms with E-state index in [-0.39, 0.29) is 11.5 Å². The third-order valence-electron chi connectivity index (χ3n) is 2.43. The van der Waals surface area contributed by atoms with Gasteiger partial charge in [-0.2, -0.15) is 5.10 Å². The van der Waals surface area contributed by atoms with E-state index in [9.17, 15) is 9.18 Å². The lowest BCUT2D eigenvalue weighted by molar-refractivity contribution is 0.627. The van der Waals surface area contributed by atoms with E-state index in [2.05, 4.69) is 10.2 Å². The van der Waals surface area contributed by atoms with E-state index in [0.29, 0.717) is 24.5 Å². The molecule has 1 aromatic heterocycles. The van der Waals surface area contributed by atoms with Gasteiger partial charge in [-0.25, -0.2) is 18.9 Å². The predicted molar refractivity (Wildman–Crippen MR) is 61.5 cm³/mol. The molecule has 17 heavy (non-hydrogen) atoms. The maximum absolute atomic E-state index is 12.8. The Labute approximate surface area is 97.1 Å².